The van der Waals surface area contributed by atoms with Gasteiger partial charge in [0.2, 0.25) is 0 Å². The number of nitrogens with zero attached hydrogens (tertiary/aromatic N) is 1. The molecule has 0 N–H and O–H groups in total. The lowest BCUT2D eigenvalue weighted by Crippen LogP contribution is -2.70. The molecular weight excluding hydrogens is 364 g/mol. The maximum Gasteiger partial charge on any atom is 0.504 e. The normalized spacial score (nSPS) is 27.1. The first-order chi connectivity index (χ1) is 9.52. The van der Waals surface area contributed by atoms with Crippen molar-refractivity contribution in [1.29, 1.82) is 0 Å². The maximum absolute atomic E-state index is 12.9. The molecule has 1 aliphatic rings. The Morgan fingerprint density at radius 3 is 1.59 bits per heavy atom. The fourth-order valence-corrected chi connectivity index (χ4v) is 7.72. The first-order valence-electron chi connectivity index (χ1n) is 5.98. The summed E-state index contributed by atoms with van der Waals surface area (Å²) in [5, 5.41) is 0. The summed E-state index contributed by atoms with van der Waals surface area (Å²) in [4.78, 5) is 0. The van der Waals surface area contributed by atoms with E-state index in [4.69, 9.17) is 0 Å². The summed E-state index contributed by atoms with van der Waals surface area (Å²) in [6.07, 6.45) is -1.66. The molecule has 0 saturated carbocycles. The molecule has 132 valence electrons. The van der Waals surface area contributed by atoms with Gasteiger partial charge in [0.1, 0.15) is 0 Å². The molecule has 1 heterocycles. The zero-order chi connectivity index (χ0) is 17.8. The van der Waals surface area contributed by atoms with E-state index in [1.165, 1.54) is 0 Å². The van der Waals surface area contributed by atoms with Crippen LogP contribution in [0.15, 0.2) is 0 Å². The van der Waals surface area contributed by atoms with Crippen LogP contribution in [0.4, 0.5) is 26.3 Å². The van der Waals surface area contributed by atoms with Crippen molar-refractivity contribution < 1.29 is 47.7 Å². The van der Waals surface area contributed by atoms with Crippen LogP contribution < -0.4 is 0 Å². The predicted molar refractivity (Wildman–Crippen MR) is 63.5 cm³/mol. The number of sulfone groups is 2. The van der Waals surface area contributed by atoms with Crippen LogP contribution in [0.2, 0.25) is 0 Å². The first kappa shape index (κ1) is 19.5. The van der Waals surface area contributed by atoms with E-state index < -0.39 is 65.3 Å². The zero-order valence-corrected chi connectivity index (χ0v) is 13.1. The predicted octanol–water partition coefficient (Wildman–Crippen LogP) is 1.77. The van der Waals surface area contributed by atoms with Crippen molar-refractivity contribution in [3.8, 4) is 0 Å². The Morgan fingerprint density at radius 2 is 1.32 bits per heavy atom. The second-order valence-corrected chi connectivity index (χ2v) is 9.70. The smallest absolute Gasteiger partial charge is 0.295 e. The van der Waals surface area contributed by atoms with Crippen molar-refractivity contribution in [2.45, 2.75) is 35.0 Å². The van der Waals surface area contributed by atoms with Gasteiger partial charge in [0.15, 0.2) is 0 Å². The molecule has 0 bridgehead atoms. The van der Waals surface area contributed by atoms with Crippen LogP contribution in [-0.4, -0.2) is 56.7 Å². The molecule has 1 unspecified atom stereocenters. The van der Waals surface area contributed by atoms with E-state index in [-0.39, 0.29) is 0 Å². The average molecular weight is 378 g/mol. The SMILES string of the molecule is CC[N+]1(C)CCCC1(S(=O)(=O)C(F)(F)F)S(=O)(=O)C(F)(F)F. The molecule has 22 heavy (non-hydrogen) atoms. The number of rotatable bonds is 3. The van der Waals surface area contributed by atoms with Crippen LogP contribution in [-0.2, 0) is 19.7 Å². The summed E-state index contributed by atoms with van der Waals surface area (Å²) in [5.41, 5.74) is -12.2. The van der Waals surface area contributed by atoms with Gasteiger partial charge in [0, 0.05) is 12.8 Å². The molecule has 13 heteroatoms. The minimum Gasteiger partial charge on any atom is -0.295 e. The molecule has 5 nitrogen and oxygen atoms in total. The van der Waals surface area contributed by atoms with E-state index >= 15 is 0 Å². The van der Waals surface area contributed by atoms with Crippen molar-refractivity contribution in [3.63, 3.8) is 0 Å². The van der Waals surface area contributed by atoms with Crippen molar-refractivity contribution in [3.05, 3.63) is 0 Å². The van der Waals surface area contributed by atoms with Gasteiger partial charge < -0.3 is 0 Å². The van der Waals surface area contributed by atoms with Crippen LogP contribution in [0.3, 0.4) is 0 Å². The summed E-state index contributed by atoms with van der Waals surface area (Å²) < 4.78 is 119. The molecule has 1 saturated heterocycles. The molecule has 0 aromatic carbocycles. The third-order valence-electron chi connectivity index (χ3n) is 4.11. The molecule has 1 aliphatic heterocycles. The Balaban J connectivity index is 3.95. The molecule has 0 radical (unpaired) electrons. The molecule has 0 aliphatic carbocycles. The summed E-state index contributed by atoms with van der Waals surface area (Å²) in [6, 6.07) is 0. The highest BCUT2D eigenvalue weighted by atomic mass is 32.3. The lowest BCUT2D eigenvalue weighted by molar-refractivity contribution is -0.916. The Bertz CT molecular complexity index is 607. The van der Waals surface area contributed by atoms with Gasteiger partial charge in [-0.05, 0) is 6.92 Å². The van der Waals surface area contributed by atoms with Crippen LogP contribution in [0.1, 0.15) is 19.8 Å². The molecule has 0 aromatic rings. The fraction of sp³-hybridized carbons (Fsp3) is 1.00. The highest BCUT2D eigenvalue weighted by Gasteiger charge is 2.81. The molecule has 1 rings (SSSR count). The van der Waals surface area contributed by atoms with Crippen molar-refractivity contribution in [2.24, 2.45) is 0 Å². The number of alkyl halides is 6. The van der Waals surface area contributed by atoms with Crippen LogP contribution in [0.5, 0.6) is 0 Å². The van der Waals surface area contributed by atoms with Crippen molar-refractivity contribution in [2.75, 3.05) is 20.1 Å². The largest absolute Gasteiger partial charge is 0.504 e. The topological polar surface area (TPSA) is 68.3 Å². The lowest BCUT2D eigenvalue weighted by atomic mass is 10.4. The second-order valence-electron chi connectivity index (χ2n) is 5.15. The van der Waals surface area contributed by atoms with E-state index in [0.717, 1.165) is 14.0 Å². The van der Waals surface area contributed by atoms with Gasteiger partial charge in [0.05, 0.1) is 20.1 Å². The van der Waals surface area contributed by atoms with Crippen LogP contribution >= 0.6 is 0 Å². The van der Waals surface area contributed by atoms with Crippen LogP contribution in [0, 0.1) is 0 Å². The molecule has 1 fully saturated rings. The Hall–Kier alpha value is -0.560. The zero-order valence-electron chi connectivity index (χ0n) is 11.5. The van der Waals surface area contributed by atoms with Gasteiger partial charge in [-0.25, -0.2) is 16.8 Å². The number of quaternary nitrogens is 1. The monoisotopic (exact) mass is 378 g/mol. The summed E-state index contributed by atoms with van der Waals surface area (Å²) >= 11 is 0. The Labute approximate surface area is 123 Å². The van der Waals surface area contributed by atoms with Crippen LogP contribution in [0.25, 0.3) is 0 Å². The summed E-state index contributed by atoms with van der Waals surface area (Å²) in [7, 11) is -12.5. The fourth-order valence-electron chi connectivity index (χ4n) is 2.85. The van der Waals surface area contributed by atoms with Gasteiger partial charge in [-0.1, -0.05) is 0 Å². The third kappa shape index (κ3) is 2.15. The van der Waals surface area contributed by atoms with Gasteiger partial charge in [-0.2, -0.15) is 26.3 Å². The number of halogens is 6. The molecular formula is C9H14F6NO4S2+. The number of hydrogen-bond acceptors (Lipinski definition) is 4. The van der Waals surface area contributed by atoms with E-state index in [2.05, 4.69) is 0 Å². The highest BCUT2D eigenvalue weighted by molar-refractivity contribution is 8.10. The molecule has 1 atom stereocenters. The highest BCUT2D eigenvalue weighted by Crippen LogP contribution is 2.53. The van der Waals surface area contributed by atoms with Gasteiger partial charge >= 0.3 is 34.9 Å². The number of hydrogen-bond donors (Lipinski definition) is 0. The van der Waals surface area contributed by atoms with Gasteiger partial charge in [-0.3, -0.25) is 4.48 Å². The van der Waals surface area contributed by atoms with Crippen molar-refractivity contribution in [1.82, 2.24) is 0 Å². The van der Waals surface area contributed by atoms with E-state index in [1.54, 1.807) is 0 Å². The Kier molecular flexibility index (Phi) is 4.40. The first-order valence-corrected chi connectivity index (χ1v) is 8.95. The van der Waals surface area contributed by atoms with E-state index in [9.17, 15) is 43.2 Å². The molecule has 0 spiro atoms. The van der Waals surface area contributed by atoms with E-state index in [0.29, 0.717) is 0 Å². The van der Waals surface area contributed by atoms with Gasteiger partial charge in [0.25, 0.3) is 0 Å². The quantitative estimate of drug-likeness (QED) is 0.555. The minimum absolute atomic E-state index is 0.394. The molecule has 0 amide bonds. The minimum atomic E-state index is -6.63. The summed E-state index contributed by atoms with van der Waals surface area (Å²) in [5.74, 6) is 0. The maximum atomic E-state index is 12.9. The molecule has 0 aromatic heterocycles. The standard InChI is InChI=1S/C9H14F6NO4S2/c1-3-16(2)6-4-5-7(16,21(17,18)8(10,11)12)22(19,20)9(13,14)15/h3-6H2,1-2H3/q+1. The van der Waals surface area contributed by atoms with Crippen molar-refractivity contribution >= 4 is 19.7 Å². The summed E-state index contributed by atoms with van der Waals surface area (Å²) in [6.45, 7) is 0.184. The number of likely N-dealkylation sites (tertiary alicyclic amines) is 1. The van der Waals surface area contributed by atoms with E-state index in [1.807, 2.05) is 0 Å². The average Bonchev–Trinajstić information content (AvgIpc) is 2.66. The lowest BCUT2D eigenvalue weighted by Gasteiger charge is -2.43. The Morgan fingerprint density at radius 1 is 0.955 bits per heavy atom. The second kappa shape index (κ2) is 4.97. The van der Waals surface area contributed by atoms with Gasteiger partial charge in [-0.15, -0.1) is 0 Å². The third-order valence-corrected chi connectivity index (χ3v) is 9.62.